The van der Waals surface area contributed by atoms with Crippen molar-refractivity contribution in [2.24, 2.45) is 0 Å². The molecule has 2 aromatic rings. The van der Waals surface area contributed by atoms with Crippen molar-refractivity contribution in [2.75, 3.05) is 0 Å². The molecule has 1 heterocycles. The van der Waals surface area contributed by atoms with Gasteiger partial charge in [-0.2, -0.15) is 0 Å². The van der Waals surface area contributed by atoms with Gasteiger partial charge in [-0.15, -0.1) is 0 Å². The molecule has 86 valence electrons. The number of fused-ring (bicyclic) bond motifs is 1. The Kier molecular flexibility index (Phi) is 1.65. The van der Waals surface area contributed by atoms with Crippen molar-refractivity contribution in [3.05, 3.63) is 48.0 Å². The lowest BCUT2D eigenvalue weighted by atomic mass is 9.74. The summed E-state index contributed by atoms with van der Waals surface area (Å²) < 4.78 is 6.06. The van der Waals surface area contributed by atoms with Crippen molar-refractivity contribution in [1.82, 2.24) is 0 Å². The van der Waals surface area contributed by atoms with Crippen LogP contribution in [0.5, 0.6) is 0 Å². The van der Waals surface area contributed by atoms with Crippen molar-refractivity contribution in [3.8, 4) is 0 Å². The van der Waals surface area contributed by atoms with Gasteiger partial charge in [0.25, 0.3) is 0 Å². The van der Waals surface area contributed by atoms with Crippen LogP contribution in [0, 0.1) is 0 Å². The molecule has 1 saturated carbocycles. The first-order chi connectivity index (χ1) is 8.24. The van der Waals surface area contributed by atoms with Crippen molar-refractivity contribution >= 4 is 10.8 Å². The molecule has 0 amide bonds. The maximum absolute atomic E-state index is 6.06. The van der Waals surface area contributed by atoms with E-state index < -0.39 is 0 Å². The molecule has 1 spiro atoms. The molecule has 1 heteroatoms. The highest BCUT2D eigenvalue weighted by molar-refractivity contribution is 5.83. The molecule has 0 bridgehead atoms. The fourth-order valence-corrected chi connectivity index (χ4v) is 3.25. The summed E-state index contributed by atoms with van der Waals surface area (Å²) in [6.45, 7) is 2.25. The van der Waals surface area contributed by atoms with Gasteiger partial charge in [-0.05, 0) is 48.6 Å². The van der Waals surface area contributed by atoms with E-state index in [1.165, 1.54) is 35.6 Å². The highest BCUT2D eigenvalue weighted by Gasteiger charge is 2.70. The van der Waals surface area contributed by atoms with Crippen LogP contribution in [0.3, 0.4) is 0 Å². The van der Waals surface area contributed by atoms with Crippen molar-refractivity contribution < 1.29 is 4.74 Å². The van der Waals surface area contributed by atoms with Crippen LogP contribution >= 0.6 is 0 Å². The third-order valence-corrected chi connectivity index (χ3v) is 4.69. The highest BCUT2D eigenvalue weighted by Crippen LogP contribution is 2.65. The van der Waals surface area contributed by atoms with Crippen LogP contribution in [-0.4, -0.2) is 5.60 Å². The molecule has 2 aliphatic rings. The zero-order valence-electron chi connectivity index (χ0n) is 10.1. The molecule has 0 radical (unpaired) electrons. The van der Waals surface area contributed by atoms with E-state index in [0.717, 1.165) is 0 Å². The largest absolute Gasteiger partial charge is 0.358 e. The van der Waals surface area contributed by atoms with Crippen molar-refractivity contribution in [1.29, 1.82) is 0 Å². The smallest absolute Gasteiger partial charge is 0.120 e. The lowest BCUT2D eigenvalue weighted by Crippen LogP contribution is -2.29. The second-order valence-electron chi connectivity index (χ2n) is 5.55. The molecule has 1 atom stereocenters. The number of hydrogen-bond donors (Lipinski definition) is 0. The average molecular weight is 224 g/mol. The molecule has 4 rings (SSSR count). The minimum Gasteiger partial charge on any atom is -0.358 e. The molecular formula is C16H16O. The van der Waals surface area contributed by atoms with E-state index in [1.807, 2.05) is 0 Å². The molecule has 17 heavy (non-hydrogen) atoms. The summed E-state index contributed by atoms with van der Waals surface area (Å²) >= 11 is 0. The maximum atomic E-state index is 6.06. The van der Waals surface area contributed by atoms with Gasteiger partial charge in [-0.25, -0.2) is 0 Å². The Balaban J connectivity index is 1.82. The number of hydrogen-bond acceptors (Lipinski definition) is 1. The third-order valence-electron chi connectivity index (χ3n) is 4.69. The average Bonchev–Trinajstić information content (AvgIpc) is 2.97. The zero-order chi connectivity index (χ0) is 11.5. The van der Waals surface area contributed by atoms with Crippen LogP contribution in [0.15, 0.2) is 42.5 Å². The fraction of sp³-hybridized carbons (Fsp3) is 0.375. The first kappa shape index (κ1) is 9.67. The van der Waals surface area contributed by atoms with Gasteiger partial charge in [0.2, 0.25) is 0 Å². The van der Waals surface area contributed by atoms with Gasteiger partial charge in [0.05, 0.1) is 0 Å². The van der Waals surface area contributed by atoms with E-state index in [9.17, 15) is 0 Å². The lowest BCUT2D eigenvalue weighted by Gasteiger charge is -2.25. The molecular weight excluding hydrogens is 208 g/mol. The molecule has 2 aromatic carbocycles. The summed E-state index contributed by atoms with van der Waals surface area (Å²) in [5.41, 5.74) is 1.51. The molecule has 0 unspecified atom stereocenters. The van der Waals surface area contributed by atoms with E-state index in [0.29, 0.717) is 0 Å². The predicted octanol–water partition coefficient (Wildman–Crippen LogP) is 4.01. The first-order valence-electron chi connectivity index (χ1n) is 6.43. The monoisotopic (exact) mass is 224 g/mol. The minimum atomic E-state index is -0.0186. The molecule has 1 aliphatic carbocycles. The highest BCUT2D eigenvalue weighted by atomic mass is 16.6. The van der Waals surface area contributed by atoms with E-state index in [-0.39, 0.29) is 11.2 Å². The fourth-order valence-electron chi connectivity index (χ4n) is 3.25. The van der Waals surface area contributed by atoms with Gasteiger partial charge in [0.15, 0.2) is 0 Å². The molecule has 0 aromatic heterocycles. The van der Waals surface area contributed by atoms with Gasteiger partial charge in [0.1, 0.15) is 11.2 Å². The van der Waals surface area contributed by atoms with Crippen LogP contribution in [0.4, 0.5) is 0 Å². The second kappa shape index (κ2) is 2.91. The van der Waals surface area contributed by atoms with Crippen LogP contribution < -0.4 is 0 Å². The first-order valence-corrected chi connectivity index (χ1v) is 6.43. The molecule has 2 fully saturated rings. The van der Waals surface area contributed by atoms with Gasteiger partial charge in [-0.1, -0.05) is 36.4 Å². The SMILES string of the molecule is C[C@]1(c2ccc3ccccc3c2)OC12CCC2. The molecule has 1 saturated heterocycles. The van der Waals surface area contributed by atoms with Gasteiger partial charge >= 0.3 is 0 Å². The number of epoxide rings is 1. The van der Waals surface area contributed by atoms with Crippen molar-refractivity contribution in [2.45, 2.75) is 37.4 Å². The van der Waals surface area contributed by atoms with Crippen LogP contribution in [0.2, 0.25) is 0 Å². The number of benzene rings is 2. The minimum absolute atomic E-state index is 0.0186. The summed E-state index contributed by atoms with van der Waals surface area (Å²) in [7, 11) is 0. The molecule has 1 nitrogen and oxygen atoms in total. The van der Waals surface area contributed by atoms with E-state index >= 15 is 0 Å². The lowest BCUT2D eigenvalue weighted by molar-refractivity contribution is 0.194. The topological polar surface area (TPSA) is 12.5 Å². The van der Waals surface area contributed by atoms with Crippen LogP contribution in [0.25, 0.3) is 10.8 Å². The normalized spacial score (nSPS) is 29.2. The summed E-state index contributed by atoms with van der Waals surface area (Å²) in [5.74, 6) is 0. The summed E-state index contributed by atoms with van der Waals surface area (Å²) in [4.78, 5) is 0. The third kappa shape index (κ3) is 1.13. The Morgan fingerprint density at radius 2 is 1.76 bits per heavy atom. The Bertz CT molecular complexity index is 597. The quantitative estimate of drug-likeness (QED) is 0.667. The number of ether oxygens (including phenoxy) is 1. The Labute approximate surface area is 101 Å². The molecule has 1 aliphatic heterocycles. The van der Waals surface area contributed by atoms with Gasteiger partial charge in [0, 0.05) is 0 Å². The standard InChI is InChI=1S/C16H16O/c1-15(16(17-15)9-4-10-16)14-8-7-12-5-2-3-6-13(12)11-14/h2-3,5-8,11H,4,9-10H2,1H3/t15-/m1/s1. The summed E-state index contributed by atoms with van der Waals surface area (Å²) in [6, 6.07) is 15.3. The van der Waals surface area contributed by atoms with Gasteiger partial charge in [-0.3, -0.25) is 0 Å². The second-order valence-corrected chi connectivity index (χ2v) is 5.55. The maximum Gasteiger partial charge on any atom is 0.120 e. The number of rotatable bonds is 1. The van der Waals surface area contributed by atoms with Gasteiger partial charge < -0.3 is 4.74 Å². The van der Waals surface area contributed by atoms with Crippen LogP contribution in [0.1, 0.15) is 31.7 Å². The summed E-state index contributed by atoms with van der Waals surface area (Å²) in [6.07, 6.45) is 3.79. The predicted molar refractivity (Wildman–Crippen MR) is 69.0 cm³/mol. The van der Waals surface area contributed by atoms with Crippen molar-refractivity contribution in [3.63, 3.8) is 0 Å². The van der Waals surface area contributed by atoms with E-state index in [2.05, 4.69) is 49.4 Å². The van der Waals surface area contributed by atoms with E-state index in [4.69, 9.17) is 4.74 Å². The Hall–Kier alpha value is -1.34. The van der Waals surface area contributed by atoms with E-state index in [1.54, 1.807) is 0 Å². The Morgan fingerprint density at radius 3 is 2.41 bits per heavy atom. The molecule has 0 N–H and O–H groups in total. The zero-order valence-corrected chi connectivity index (χ0v) is 10.1. The van der Waals surface area contributed by atoms with Crippen LogP contribution in [-0.2, 0) is 10.3 Å². The summed E-state index contributed by atoms with van der Waals surface area (Å²) in [5, 5.41) is 2.62. The Morgan fingerprint density at radius 1 is 1.00 bits per heavy atom.